The summed E-state index contributed by atoms with van der Waals surface area (Å²) in [5, 5.41) is 0. The molecule has 21 heavy (non-hydrogen) atoms. The molecule has 2 radical (unpaired) electrons. The van der Waals surface area contributed by atoms with Crippen LogP contribution >= 0.6 is 0 Å². The van der Waals surface area contributed by atoms with Crippen LogP contribution in [0.3, 0.4) is 0 Å². The lowest BCUT2D eigenvalue weighted by Gasteiger charge is -2.02. The molecule has 0 saturated heterocycles. The zero-order chi connectivity index (χ0) is 15.6. The minimum atomic E-state index is 1.21. The third kappa shape index (κ3) is 15.4. The van der Waals surface area contributed by atoms with Crippen molar-refractivity contribution in [3.8, 4) is 0 Å². The molecule has 0 aliphatic rings. The zero-order valence-electron chi connectivity index (χ0n) is 14.7. The van der Waals surface area contributed by atoms with Gasteiger partial charge in [-0.15, -0.1) is 0 Å². The standard InChI is InChI=1S/C18H29.C3H7/c1-2-3-4-5-6-7-8-9-10-12-15-18-16-13-11-14-17-18;1-3-2/h11,13-14,16H,2-10,12,15H2,1H3;3H,1-2H3. The maximum atomic E-state index is 3.30. The number of aryl methyl sites for hydroxylation is 1. The largest absolute Gasteiger partial charge is 0.0654 e. The van der Waals surface area contributed by atoms with Gasteiger partial charge in [0.2, 0.25) is 0 Å². The Labute approximate surface area is 134 Å². The van der Waals surface area contributed by atoms with Crippen molar-refractivity contribution in [1.82, 2.24) is 0 Å². The van der Waals surface area contributed by atoms with Crippen molar-refractivity contribution in [3.05, 3.63) is 42.3 Å². The van der Waals surface area contributed by atoms with Crippen LogP contribution in [0, 0.1) is 12.5 Å². The summed E-state index contributed by atoms with van der Waals surface area (Å²) in [4.78, 5) is 0. The topological polar surface area (TPSA) is 0 Å². The average Bonchev–Trinajstić information content (AvgIpc) is 2.51. The summed E-state index contributed by atoms with van der Waals surface area (Å²) >= 11 is 0. The molecule has 0 aromatic heterocycles. The Bertz CT molecular complexity index is 275. The van der Waals surface area contributed by atoms with Crippen molar-refractivity contribution >= 4 is 0 Å². The van der Waals surface area contributed by atoms with Crippen LogP contribution in [0.1, 0.15) is 90.5 Å². The zero-order valence-corrected chi connectivity index (χ0v) is 14.7. The summed E-state index contributed by atoms with van der Waals surface area (Å²) in [5.74, 6) is 0. The third-order valence-electron chi connectivity index (χ3n) is 3.57. The molecule has 1 aromatic rings. The molecule has 0 aliphatic carbocycles. The molecule has 0 heterocycles. The second-order valence-corrected chi connectivity index (χ2v) is 5.90. The second-order valence-electron chi connectivity index (χ2n) is 5.90. The first-order valence-corrected chi connectivity index (χ1v) is 9.04. The van der Waals surface area contributed by atoms with E-state index in [0.717, 1.165) is 0 Å². The lowest BCUT2D eigenvalue weighted by Crippen LogP contribution is -1.86. The molecule has 120 valence electrons. The van der Waals surface area contributed by atoms with Crippen molar-refractivity contribution in [2.45, 2.75) is 91.4 Å². The molecule has 0 amide bonds. The van der Waals surface area contributed by atoms with Crippen LogP contribution in [0.5, 0.6) is 0 Å². The maximum Gasteiger partial charge on any atom is -0.0149 e. The number of benzene rings is 1. The Hall–Kier alpha value is -0.780. The Balaban J connectivity index is 0.00000122. The lowest BCUT2D eigenvalue weighted by molar-refractivity contribution is 0.556. The van der Waals surface area contributed by atoms with Gasteiger partial charge in [0.15, 0.2) is 0 Å². The molecule has 0 fully saturated rings. The van der Waals surface area contributed by atoms with Gasteiger partial charge in [-0.2, -0.15) is 0 Å². The molecular formula is C21H36. The van der Waals surface area contributed by atoms with Gasteiger partial charge in [-0.05, 0) is 30.9 Å². The van der Waals surface area contributed by atoms with E-state index >= 15 is 0 Å². The molecule has 0 spiro atoms. The summed E-state index contributed by atoms with van der Waals surface area (Å²) in [6.45, 7) is 6.28. The van der Waals surface area contributed by atoms with Gasteiger partial charge in [0.05, 0.1) is 0 Å². The molecule has 0 saturated carbocycles. The van der Waals surface area contributed by atoms with Crippen molar-refractivity contribution < 1.29 is 0 Å². The predicted octanol–water partition coefficient (Wildman–Crippen LogP) is 7.18. The molecule has 0 N–H and O–H groups in total. The summed E-state index contributed by atoms with van der Waals surface area (Å²) in [7, 11) is 0. The number of hydrogen-bond acceptors (Lipinski definition) is 0. The van der Waals surface area contributed by atoms with E-state index in [-0.39, 0.29) is 0 Å². The van der Waals surface area contributed by atoms with E-state index in [0.29, 0.717) is 0 Å². The maximum absolute atomic E-state index is 3.30. The molecule has 1 rings (SSSR count). The van der Waals surface area contributed by atoms with Crippen molar-refractivity contribution in [2.24, 2.45) is 0 Å². The number of rotatable bonds is 11. The first-order valence-electron chi connectivity index (χ1n) is 9.04. The minimum absolute atomic E-state index is 1.21. The Morgan fingerprint density at radius 1 is 0.810 bits per heavy atom. The normalized spacial score (nSPS) is 10.0. The van der Waals surface area contributed by atoms with Crippen LogP contribution in [0.25, 0.3) is 0 Å². The Morgan fingerprint density at radius 2 is 1.33 bits per heavy atom. The fourth-order valence-corrected chi connectivity index (χ4v) is 2.39. The highest BCUT2D eigenvalue weighted by Crippen LogP contribution is 2.12. The van der Waals surface area contributed by atoms with Gasteiger partial charge in [-0.25, -0.2) is 0 Å². The highest BCUT2D eigenvalue weighted by Gasteiger charge is 1.94. The number of hydrogen-bond donors (Lipinski definition) is 0. The van der Waals surface area contributed by atoms with E-state index in [2.05, 4.69) is 25.1 Å². The van der Waals surface area contributed by atoms with Gasteiger partial charge in [0.1, 0.15) is 0 Å². The van der Waals surface area contributed by atoms with Crippen LogP contribution in [0.2, 0.25) is 0 Å². The molecule has 0 bridgehead atoms. The van der Waals surface area contributed by atoms with Crippen LogP contribution < -0.4 is 0 Å². The molecule has 0 aliphatic heterocycles. The van der Waals surface area contributed by atoms with Crippen molar-refractivity contribution in [1.29, 1.82) is 0 Å². The van der Waals surface area contributed by atoms with Crippen molar-refractivity contribution in [2.75, 3.05) is 0 Å². The Kier molecular flexibility index (Phi) is 16.6. The van der Waals surface area contributed by atoms with Crippen LogP contribution in [0.15, 0.2) is 24.3 Å². The van der Waals surface area contributed by atoms with E-state index in [4.69, 9.17) is 0 Å². The van der Waals surface area contributed by atoms with E-state index in [9.17, 15) is 0 Å². The van der Waals surface area contributed by atoms with Gasteiger partial charge < -0.3 is 0 Å². The monoisotopic (exact) mass is 288 g/mol. The predicted molar refractivity (Wildman–Crippen MR) is 96.5 cm³/mol. The highest BCUT2D eigenvalue weighted by molar-refractivity contribution is 5.12. The van der Waals surface area contributed by atoms with E-state index in [1.165, 1.54) is 76.2 Å². The van der Waals surface area contributed by atoms with Gasteiger partial charge in [-0.1, -0.05) is 103 Å². The van der Waals surface area contributed by atoms with Crippen molar-refractivity contribution in [3.63, 3.8) is 0 Å². The van der Waals surface area contributed by atoms with Crippen LogP contribution in [-0.4, -0.2) is 0 Å². The first-order chi connectivity index (χ1) is 10.3. The molecule has 0 heteroatoms. The molecular weight excluding hydrogens is 252 g/mol. The number of unbranched alkanes of at least 4 members (excludes halogenated alkanes) is 9. The molecule has 0 atom stereocenters. The Morgan fingerprint density at radius 3 is 1.81 bits per heavy atom. The summed E-state index contributed by atoms with van der Waals surface area (Å²) in [6, 6.07) is 11.7. The fraction of sp³-hybridized carbons (Fsp3) is 0.667. The van der Waals surface area contributed by atoms with Gasteiger partial charge in [0, 0.05) is 0 Å². The highest BCUT2D eigenvalue weighted by atomic mass is 14.0. The molecule has 1 aromatic carbocycles. The average molecular weight is 289 g/mol. The summed E-state index contributed by atoms with van der Waals surface area (Å²) < 4.78 is 0. The van der Waals surface area contributed by atoms with Crippen LogP contribution in [-0.2, 0) is 6.42 Å². The van der Waals surface area contributed by atoms with Gasteiger partial charge in [-0.3, -0.25) is 0 Å². The van der Waals surface area contributed by atoms with Crippen LogP contribution in [0.4, 0.5) is 0 Å². The summed E-state index contributed by atoms with van der Waals surface area (Å²) in [6.07, 6.45) is 17.3. The van der Waals surface area contributed by atoms with E-state index in [1.807, 2.05) is 32.4 Å². The lowest BCUT2D eigenvalue weighted by atomic mass is 10.0. The van der Waals surface area contributed by atoms with Gasteiger partial charge in [0.25, 0.3) is 0 Å². The minimum Gasteiger partial charge on any atom is -0.0654 e. The fourth-order valence-electron chi connectivity index (χ4n) is 2.39. The molecule has 0 nitrogen and oxygen atoms in total. The quantitative estimate of drug-likeness (QED) is 0.378. The van der Waals surface area contributed by atoms with Gasteiger partial charge >= 0.3 is 0 Å². The van der Waals surface area contributed by atoms with E-state index in [1.54, 1.807) is 0 Å². The first kappa shape index (κ1) is 20.2. The summed E-state index contributed by atoms with van der Waals surface area (Å²) in [5.41, 5.74) is 1.37. The SMILES string of the molecule is CCCCCCCCCCCCc1[c]cccc1.C[CH]C. The molecule has 0 unspecified atom stereocenters. The smallest absolute Gasteiger partial charge is 0.0149 e. The third-order valence-corrected chi connectivity index (χ3v) is 3.57. The second kappa shape index (κ2) is 17.3. The van der Waals surface area contributed by atoms with E-state index < -0.39 is 0 Å².